The zero-order valence-electron chi connectivity index (χ0n) is 16.6. The third-order valence-corrected chi connectivity index (χ3v) is 7.67. The molecule has 0 spiro atoms. The molecule has 2 aliphatic carbocycles. The van der Waals surface area contributed by atoms with Crippen molar-refractivity contribution in [3.63, 3.8) is 0 Å². The summed E-state index contributed by atoms with van der Waals surface area (Å²) in [6, 6.07) is 0.876. The van der Waals surface area contributed by atoms with Crippen LogP contribution in [0.1, 0.15) is 84.5 Å². The lowest BCUT2D eigenvalue weighted by Crippen LogP contribution is -2.49. The quantitative estimate of drug-likeness (QED) is 0.809. The van der Waals surface area contributed by atoms with Crippen LogP contribution in [0.2, 0.25) is 0 Å². The van der Waals surface area contributed by atoms with Crippen molar-refractivity contribution in [2.45, 2.75) is 96.6 Å². The number of carbonyl (C=O) groups is 2. The molecule has 0 aromatic heterocycles. The first-order chi connectivity index (χ1) is 12.4. The molecule has 2 bridgehead atoms. The van der Waals surface area contributed by atoms with Crippen molar-refractivity contribution in [1.29, 1.82) is 0 Å². The molecule has 2 unspecified atom stereocenters. The van der Waals surface area contributed by atoms with Gasteiger partial charge in [0.05, 0.1) is 0 Å². The molecular weight excluding hydrogens is 324 g/mol. The number of hydrogen-bond donors (Lipinski definition) is 1. The predicted octanol–water partition coefficient (Wildman–Crippen LogP) is 3.89. The van der Waals surface area contributed by atoms with E-state index in [2.05, 4.69) is 24.1 Å². The van der Waals surface area contributed by atoms with E-state index in [-0.39, 0.29) is 17.2 Å². The van der Waals surface area contributed by atoms with Gasteiger partial charge in [0.25, 0.3) is 0 Å². The van der Waals surface area contributed by atoms with E-state index in [1.807, 2.05) is 0 Å². The minimum absolute atomic E-state index is 0.139. The SMILES string of the molecule is CC1(C)CCCCC1C(=O)NCC1C[C@H]2CC[C@@H](C1)N2C(=O)CC1CC1. The van der Waals surface area contributed by atoms with E-state index < -0.39 is 0 Å². The largest absolute Gasteiger partial charge is 0.356 e. The Morgan fingerprint density at radius 3 is 2.27 bits per heavy atom. The van der Waals surface area contributed by atoms with Crippen LogP contribution in [0, 0.1) is 23.2 Å². The highest BCUT2D eigenvalue weighted by atomic mass is 16.2. The van der Waals surface area contributed by atoms with Crippen LogP contribution >= 0.6 is 0 Å². The Morgan fingerprint density at radius 2 is 1.65 bits per heavy atom. The van der Waals surface area contributed by atoms with Crippen molar-refractivity contribution in [2.75, 3.05) is 6.54 Å². The number of fused-ring (bicyclic) bond motifs is 2. The van der Waals surface area contributed by atoms with E-state index in [1.54, 1.807) is 0 Å². The van der Waals surface area contributed by atoms with E-state index in [9.17, 15) is 9.59 Å². The van der Waals surface area contributed by atoms with Crippen molar-refractivity contribution < 1.29 is 9.59 Å². The number of piperidine rings is 1. The summed E-state index contributed by atoms with van der Waals surface area (Å²) in [5.74, 6) is 2.08. The summed E-state index contributed by atoms with van der Waals surface area (Å²) in [5, 5.41) is 3.29. The number of nitrogens with zero attached hydrogens (tertiary/aromatic N) is 1. The topological polar surface area (TPSA) is 49.4 Å². The molecule has 146 valence electrons. The van der Waals surface area contributed by atoms with Crippen LogP contribution in [0.25, 0.3) is 0 Å². The van der Waals surface area contributed by atoms with Crippen LogP contribution in [0.15, 0.2) is 0 Å². The van der Waals surface area contributed by atoms with E-state index in [0.717, 1.165) is 38.6 Å². The average molecular weight is 361 g/mol. The first kappa shape index (κ1) is 18.3. The van der Waals surface area contributed by atoms with Crippen molar-refractivity contribution in [2.24, 2.45) is 23.2 Å². The lowest BCUT2D eigenvalue weighted by atomic mass is 9.68. The first-order valence-electron chi connectivity index (χ1n) is 11.0. The second-order valence-electron chi connectivity index (χ2n) is 10.2. The van der Waals surface area contributed by atoms with Gasteiger partial charge in [-0.2, -0.15) is 0 Å². The van der Waals surface area contributed by atoms with Crippen LogP contribution in [-0.2, 0) is 9.59 Å². The van der Waals surface area contributed by atoms with Gasteiger partial charge < -0.3 is 10.2 Å². The molecule has 4 atom stereocenters. The van der Waals surface area contributed by atoms with Gasteiger partial charge in [0, 0.05) is 31.0 Å². The molecule has 4 fully saturated rings. The maximum absolute atomic E-state index is 12.8. The van der Waals surface area contributed by atoms with Gasteiger partial charge in [-0.15, -0.1) is 0 Å². The zero-order valence-corrected chi connectivity index (χ0v) is 16.6. The molecule has 0 aromatic carbocycles. The number of hydrogen-bond acceptors (Lipinski definition) is 2. The fourth-order valence-corrected chi connectivity index (χ4v) is 5.89. The van der Waals surface area contributed by atoms with Crippen molar-refractivity contribution >= 4 is 11.8 Å². The molecule has 0 aromatic rings. The third kappa shape index (κ3) is 3.80. The number of rotatable bonds is 5. The molecule has 1 N–H and O–H groups in total. The number of nitrogens with one attached hydrogen (secondary N) is 1. The molecule has 4 nitrogen and oxygen atoms in total. The normalized spacial score (nSPS) is 36.0. The van der Waals surface area contributed by atoms with E-state index in [0.29, 0.717) is 29.8 Å². The highest BCUT2D eigenvalue weighted by Crippen LogP contribution is 2.42. The second kappa shape index (κ2) is 7.16. The standard InChI is InChI=1S/C22H36N2O2/c1-22(2)10-4-3-5-19(22)21(26)23-14-16-11-17-8-9-18(12-16)24(17)20(25)13-15-6-7-15/h15-19H,3-14H2,1-2H3,(H,23,26)/t16?,17-,18+,19?. The predicted molar refractivity (Wildman–Crippen MR) is 102 cm³/mol. The molecule has 4 aliphatic rings. The summed E-state index contributed by atoms with van der Waals surface area (Å²) >= 11 is 0. The van der Waals surface area contributed by atoms with Crippen LogP contribution in [0.5, 0.6) is 0 Å². The van der Waals surface area contributed by atoms with Crippen LogP contribution in [0.3, 0.4) is 0 Å². The van der Waals surface area contributed by atoms with Gasteiger partial charge in [-0.25, -0.2) is 0 Å². The fourth-order valence-electron chi connectivity index (χ4n) is 5.89. The maximum Gasteiger partial charge on any atom is 0.223 e. The third-order valence-electron chi connectivity index (χ3n) is 7.67. The lowest BCUT2D eigenvalue weighted by molar-refractivity contribution is -0.137. The summed E-state index contributed by atoms with van der Waals surface area (Å²) in [6.45, 7) is 5.31. The molecule has 2 saturated heterocycles. The first-order valence-corrected chi connectivity index (χ1v) is 11.0. The average Bonchev–Trinajstić information content (AvgIpc) is 3.36. The molecule has 0 radical (unpaired) electrons. The summed E-state index contributed by atoms with van der Waals surface area (Å²) in [7, 11) is 0. The molecule has 2 amide bonds. The van der Waals surface area contributed by atoms with Gasteiger partial charge in [-0.3, -0.25) is 9.59 Å². The van der Waals surface area contributed by atoms with Crippen molar-refractivity contribution in [3.05, 3.63) is 0 Å². The number of amides is 2. The van der Waals surface area contributed by atoms with Crippen molar-refractivity contribution in [1.82, 2.24) is 10.2 Å². The molecule has 2 saturated carbocycles. The highest BCUT2D eigenvalue weighted by Gasteiger charge is 2.44. The molecule has 2 aliphatic heterocycles. The lowest BCUT2D eigenvalue weighted by Gasteiger charge is -2.40. The second-order valence-corrected chi connectivity index (χ2v) is 10.2. The Kier molecular flexibility index (Phi) is 5.04. The zero-order chi connectivity index (χ0) is 18.3. The Balaban J connectivity index is 1.28. The van der Waals surface area contributed by atoms with E-state index in [1.165, 1.54) is 38.5 Å². The number of carbonyl (C=O) groups excluding carboxylic acids is 2. The summed E-state index contributed by atoms with van der Waals surface area (Å²) in [4.78, 5) is 27.6. The smallest absolute Gasteiger partial charge is 0.223 e. The van der Waals surface area contributed by atoms with Gasteiger partial charge in [-0.1, -0.05) is 26.7 Å². The molecule has 26 heavy (non-hydrogen) atoms. The molecular formula is C22H36N2O2. The van der Waals surface area contributed by atoms with Crippen LogP contribution in [0.4, 0.5) is 0 Å². The monoisotopic (exact) mass is 360 g/mol. The summed E-state index contributed by atoms with van der Waals surface area (Å²) in [5.41, 5.74) is 0.139. The van der Waals surface area contributed by atoms with Gasteiger partial charge >= 0.3 is 0 Å². The Hall–Kier alpha value is -1.06. The molecule has 2 heterocycles. The Morgan fingerprint density at radius 1 is 0.962 bits per heavy atom. The Labute approximate surface area is 158 Å². The summed E-state index contributed by atoms with van der Waals surface area (Å²) < 4.78 is 0. The van der Waals surface area contributed by atoms with Gasteiger partial charge in [0.2, 0.25) is 11.8 Å². The highest BCUT2D eigenvalue weighted by molar-refractivity contribution is 5.79. The summed E-state index contributed by atoms with van der Waals surface area (Å²) in [6.07, 6.45) is 12.4. The van der Waals surface area contributed by atoms with Crippen LogP contribution < -0.4 is 5.32 Å². The van der Waals surface area contributed by atoms with E-state index in [4.69, 9.17) is 0 Å². The minimum Gasteiger partial charge on any atom is -0.356 e. The molecule has 4 rings (SSSR count). The molecule has 4 heteroatoms. The fraction of sp³-hybridized carbons (Fsp3) is 0.909. The van der Waals surface area contributed by atoms with Gasteiger partial charge in [-0.05, 0) is 68.6 Å². The minimum atomic E-state index is 0.139. The van der Waals surface area contributed by atoms with E-state index >= 15 is 0 Å². The van der Waals surface area contributed by atoms with Gasteiger partial charge in [0.1, 0.15) is 0 Å². The van der Waals surface area contributed by atoms with Crippen LogP contribution in [-0.4, -0.2) is 35.3 Å². The Bertz CT molecular complexity index is 540. The maximum atomic E-state index is 12.8. The van der Waals surface area contributed by atoms with Crippen molar-refractivity contribution in [3.8, 4) is 0 Å². The van der Waals surface area contributed by atoms with Gasteiger partial charge in [0.15, 0.2) is 0 Å².